The SMILES string of the molecule is CC(C)(C)OC(=O)Nc1ccccc1OC(=O)OC(C)(C)C. The molecule has 0 radical (unpaired) electrons. The lowest BCUT2D eigenvalue weighted by Gasteiger charge is -2.21. The van der Waals surface area contributed by atoms with Gasteiger partial charge >= 0.3 is 12.2 Å². The minimum absolute atomic E-state index is 0.183. The summed E-state index contributed by atoms with van der Waals surface area (Å²) in [6.07, 6.45) is -1.47. The molecule has 122 valence electrons. The summed E-state index contributed by atoms with van der Waals surface area (Å²) in [6, 6.07) is 6.54. The molecule has 0 spiro atoms. The van der Waals surface area contributed by atoms with E-state index in [2.05, 4.69) is 5.32 Å². The second-order valence-corrected chi connectivity index (χ2v) is 6.69. The topological polar surface area (TPSA) is 73.9 Å². The highest BCUT2D eigenvalue weighted by Crippen LogP contribution is 2.25. The molecule has 6 nitrogen and oxygen atoms in total. The standard InChI is InChI=1S/C16H23NO5/c1-15(2,3)21-13(18)17-11-9-7-8-10-12(11)20-14(19)22-16(4,5)6/h7-10H,1-6H3,(H,17,18). The fraction of sp³-hybridized carbons (Fsp3) is 0.500. The second-order valence-electron chi connectivity index (χ2n) is 6.69. The first-order valence-electron chi connectivity index (χ1n) is 6.96. The van der Waals surface area contributed by atoms with Crippen LogP contribution in [0.25, 0.3) is 0 Å². The van der Waals surface area contributed by atoms with Gasteiger partial charge in [0.2, 0.25) is 0 Å². The normalized spacial score (nSPS) is 11.5. The zero-order valence-electron chi connectivity index (χ0n) is 13.9. The Morgan fingerprint density at radius 1 is 0.909 bits per heavy atom. The first-order valence-corrected chi connectivity index (χ1v) is 6.96. The van der Waals surface area contributed by atoms with Gasteiger partial charge < -0.3 is 14.2 Å². The average Bonchev–Trinajstić information content (AvgIpc) is 2.26. The fourth-order valence-corrected chi connectivity index (χ4v) is 1.43. The molecule has 1 aromatic rings. The van der Waals surface area contributed by atoms with Gasteiger partial charge in [-0.05, 0) is 53.7 Å². The minimum Gasteiger partial charge on any atom is -0.444 e. The average molecular weight is 309 g/mol. The lowest BCUT2D eigenvalue weighted by molar-refractivity contribution is 0.0206. The van der Waals surface area contributed by atoms with Gasteiger partial charge in [0.1, 0.15) is 11.2 Å². The van der Waals surface area contributed by atoms with Crippen molar-refractivity contribution in [3.8, 4) is 5.75 Å². The number of amides is 1. The van der Waals surface area contributed by atoms with Gasteiger partial charge in [0.05, 0.1) is 5.69 Å². The molecule has 1 rings (SSSR count). The Morgan fingerprint density at radius 3 is 2.00 bits per heavy atom. The molecular formula is C16H23NO5. The van der Waals surface area contributed by atoms with Crippen molar-refractivity contribution in [2.45, 2.75) is 52.7 Å². The number of carbonyl (C=O) groups excluding carboxylic acids is 2. The van der Waals surface area contributed by atoms with E-state index < -0.39 is 23.5 Å². The van der Waals surface area contributed by atoms with E-state index >= 15 is 0 Å². The lowest BCUT2D eigenvalue weighted by Crippen LogP contribution is -2.28. The van der Waals surface area contributed by atoms with Crippen LogP contribution in [0.15, 0.2) is 24.3 Å². The molecule has 22 heavy (non-hydrogen) atoms. The molecule has 0 aromatic heterocycles. The molecule has 0 aliphatic heterocycles. The number of rotatable bonds is 2. The summed E-state index contributed by atoms with van der Waals surface area (Å²) in [6.45, 7) is 10.5. The van der Waals surface area contributed by atoms with Gasteiger partial charge in [-0.3, -0.25) is 5.32 Å². The van der Waals surface area contributed by atoms with Crippen molar-refractivity contribution in [3.63, 3.8) is 0 Å². The van der Waals surface area contributed by atoms with Crippen LogP contribution in [0.4, 0.5) is 15.3 Å². The molecule has 0 aliphatic rings. The van der Waals surface area contributed by atoms with Crippen molar-refractivity contribution in [2.24, 2.45) is 0 Å². The number of carbonyl (C=O) groups is 2. The Bertz CT molecular complexity index is 491. The largest absolute Gasteiger partial charge is 0.514 e. The molecule has 0 heterocycles. The van der Waals surface area contributed by atoms with Crippen LogP contribution in [-0.4, -0.2) is 23.5 Å². The first kappa shape index (κ1) is 17.8. The van der Waals surface area contributed by atoms with E-state index in [1.54, 1.807) is 65.8 Å². The molecule has 0 aliphatic carbocycles. The third-order valence-corrected chi connectivity index (χ3v) is 2.11. The summed E-state index contributed by atoms with van der Waals surface area (Å²) in [5.74, 6) is 0.183. The van der Waals surface area contributed by atoms with Gasteiger partial charge in [-0.2, -0.15) is 0 Å². The zero-order chi connectivity index (χ0) is 17.0. The Kier molecular flexibility index (Phi) is 5.41. The van der Waals surface area contributed by atoms with Crippen LogP contribution in [0.5, 0.6) is 5.75 Å². The maximum absolute atomic E-state index is 11.8. The fourth-order valence-electron chi connectivity index (χ4n) is 1.43. The number of hydrogen-bond acceptors (Lipinski definition) is 5. The number of ether oxygens (including phenoxy) is 3. The summed E-state index contributed by atoms with van der Waals surface area (Å²) in [5, 5.41) is 2.54. The number of anilines is 1. The van der Waals surface area contributed by atoms with Gasteiger partial charge in [-0.1, -0.05) is 12.1 Å². The van der Waals surface area contributed by atoms with Crippen LogP contribution in [0.1, 0.15) is 41.5 Å². The Labute approximate surface area is 130 Å². The third-order valence-electron chi connectivity index (χ3n) is 2.11. The quantitative estimate of drug-likeness (QED) is 0.649. The number of hydrogen-bond donors (Lipinski definition) is 1. The van der Waals surface area contributed by atoms with Crippen molar-refractivity contribution in [1.29, 1.82) is 0 Å². The molecule has 1 amide bonds. The second kappa shape index (κ2) is 6.68. The molecule has 0 saturated heterocycles. The van der Waals surface area contributed by atoms with E-state index in [0.717, 1.165) is 0 Å². The van der Waals surface area contributed by atoms with Gasteiger partial charge in [0.15, 0.2) is 5.75 Å². The van der Waals surface area contributed by atoms with E-state index in [0.29, 0.717) is 5.69 Å². The summed E-state index contributed by atoms with van der Waals surface area (Å²) in [7, 11) is 0. The number of nitrogens with one attached hydrogen (secondary N) is 1. The Balaban J connectivity index is 2.78. The number of para-hydroxylation sites is 2. The number of benzene rings is 1. The Morgan fingerprint density at radius 2 is 1.45 bits per heavy atom. The smallest absolute Gasteiger partial charge is 0.444 e. The van der Waals surface area contributed by atoms with Crippen LogP contribution < -0.4 is 10.1 Å². The molecule has 0 bridgehead atoms. The van der Waals surface area contributed by atoms with E-state index in [9.17, 15) is 9.59 Å². The van der Waals surface area contributed by atoms with Crippen molar-refractivity contribution in [2.75, 3.05) is 5.32 Å². The van der Waals surface area contributed by atoms with Crippen LogP contribution in [0, 0.1) is 0 Å². The molecule has 1 N–H and O–H groups in total. The van der Waals surface area contributed by atoms with Gasteiger partial charge in [-0.15, -0.1) is 0 Å². The van der Waals surface area contributed by atoms with Crippen molar-refractivity contribution in [3.05, 3.63) is 24.3 Å². The zero-order valence-corrected chi connectivity index (χ0v) is 13.9. The van der Waals surface area contributed by atoms with Gasteiger partial charge in [0, 0.05) is 0 Å². The molecule has 0 atom stereocenters. The van der Waals surface area contributed by atoms with Crippen molar-refractivity contribution >= 4 is 17.9 Å². The van der Waals surface area contributed by atoms with Crippen LogP contribution in [0.3, 0.4) is 0 Å². The monoisotopic (exact) mass is 309 g/mol. The third kappa shape index (κ3) is 6.97. The molecule has 0 unspecified atom stereocenters. The van der Waals surface area contributed by atoms with E-state index in [-0.39, 0.29) is 5.75 Å². The maximum atomic E-state index is 11.8. The van der Waals surface area contributed by atoms with Crippen LogP contribution in [0.2, 0.25) is 0 Å². The van der Waals surface area contributed by atoms with Crippen LogP contribution in [-0.2, 0) is 9.47 Å². The highest BCUT2D eigenvalue weighted by molar-refractivity contribution is 5.87. The molecule has 1 aromatic carbocycles. The maximum Gasteiger partial charge on any atom is 0.514 e. The van der Waals surface area contributed by atoms with Crippen molar-refractivity contribution in [1.82, 2.24) is 0 Å². The first-order chi connectivity index (χ1) is 9.96. The minimum atomic E-state index is -0.842. The molecule has 0 saturated carbocycles. The predicted octanol–water partition coefficient (Wildman–Crippen LogP) is 4.35. The van der Waals surface area contributed by atoms with Crippen LogP contribution >= 0.6 is 0 Å². The summed E-state index contributed by atoms with van der Waals surface area (Å²) >= 11 is 0. The van der Waals surface area contributed by atoms with E-state index in [1.165, 1.54) is 0 Å². The summed E-state index contributed by atoms with van der Waals surface area (Å²) in [4.78, 5) is 23.5. The predicted molar refractivity (Wildman–Crippen MR) is 83.2 cm³/mol. The molecular weight excluding hydrogens is 286 g/mol. The summed E-state index contributed by atoms with van der Waals surface area (Å²) < 4.78 is 15.4. The van der Waals surface area contributed by atoms with Crippen molar-refractivity contribution < 1.29 is 23.8 Å². The van der Waals surface area contributed by atoms with E-state index in [1.807, 2.05) is 0 Å². The molecule has 6 heteroatoms. The van der Waals surface area contributed by atoms with E-state index in [4.69, 9.17) is 14.2 Å². The highest BCUT2D eigenvalue weighted by Gasteiger charge is 2.21. The van der Waals surface area contributed by atoms with Gasteiger partial charge in [-0.25, -0.2) is 9.59 Å². The summed E-state index contributed by atoms with van der Waals surface area (Å²) in [5.41, 5.74) is -0.960. The van der Waals surface area contributed by atoms with Gasteiger partial charge in [0.25, 0.3) is 0 Å². The Hall–Kier alpha value is -2.24. The lowest BCUT2D eigenvalue weighted by atomic mass is 10.2. The molecule has 0 fully saturated rings. The highest BCUT2D eigenvalue weighted by atomic mass is 16.7.